The van der Waals surface area contributed by atoms with Crippen molar-refractivity contribution in [3.05, 3.63) is 46.0 Å². The zero-order chi connectivity index (χ0) is 10.7. The van der Waals surface area contributed by atoms with E-state index in [9.17, 15) is 0 Å². The van der Waals surface area contributed by atoms with Crippen molar-refractivity contribution in [2.75, 3.05) is 0 Å². The first kappa shape index (κ1) is 10.5. The molecule has 0 aliphatic carbocycles. The minimum Gasteiger partial charge on any atom is -0.464 e. The molecule has 2 heterocycles. The van der Waals surface area contributed by atoms with E-state index in [1.165, 1.54) is 4.88 Å². The molecule has 2 aromatic rings. The predicted octanol–water partition coefficient (Wildman–Crippen LogP) is 3.15. The summed E-state index contributed by atoms with van der Waals surface area (Å²) in [5.74, 6) is 1.90. The highest BCUT2D eigenvalue weighted by Crippen LogP contribution is 2.21. The lowest BCUT2D eigenvalue weighted by Gasteiger charge is -2.06. The van der Waals surface area contributed by atoms with E-state index in [-0.39, 0.29) is 6.04 Å². The summed E-state index contributed by atoms with van der Waals surface area (Å²) >= 11 is 1.74. The number of furan rings is 1. The molecule has 0 amide bonds. The van der Waals surface area contributed by atoms with Crippen molar-refractivity contribution in [2.24, 2.45) is 5.73 Å². The normalized spacial score (nSPS) is 12.9. The zero-order valence-electron chi connectivity index (χ0n) is 8.77. The third kappa shape index (κ3) is 2.49. The van der Waals surface area contributed by atoms with Gasteiger partial charge in [0.15, 0.2) is 0 Å². The van der Waals surface area contributed by atoms with Crippen molar-refractivity contribution in [1.29, 1.82) is 0 Å². The van der Waals surface area contributed by atoms with Crippen LogP contribution in [-0.4, -0.2) is 0 Å². The Balaban J connectivity index is 2.04. The Labute approximate surface area is 93.7 Å². The first-order chi connectivity index (χ1) is 7.29. The third-order valence-corrected chi connectivity index (χ3v) is 3.30. The summed E-state index contributed by atoms with van der Waals surface area (Å²) in [6, 6.07) is 8.12. The number of rotatable bonds is 4. The zero-order valence-corrected chi connectivity index (χ0v) is 9.59. The van der Waals surface area contributed by atoms with Crippen molar-refractivity contribution in [1.82, 2.24) is 0 Å². The lowest BCUT2D eigenvalue weighted by Crippen LogP contribution is -2.11. The molecule has 2 N–H and O–H groups in total. The molecule has 0 fully saturated rings. The summed E-state index contributed by atoms with van der Waals surface area (Å²) in [7, 11) is 0. The third-order valence-electron chi connectivity index (χ3n) is 2.40. The van der Waals surface area contributed by atoms with Gasteiger partial charge in [-0.1, -0.05) is 13.0 Å². The van der Waals surface area contributed by atoms with Gasteiger partial charge in [-0.3, -0.25) is 0 Å². The van der Waals surface area contributed by atoms with Gasteiger partial charge in [-0.25, -0.2) is 0 Å². The Morgan fingerprint density at radius 1 is 1.40 bits per heavy atom. The molecule has 0 saturated heterocycles. The predicted molar refractivity (Wildman–Crippen MR) is 63.0 cm³/mol. The Morgan fingerprint density at radius 2 is 2.27 bits per heavy atom. The quantitative estimate of drug-likeness (QED) is 0.861. The van der Waals surface area contributed by atoms with Crippen LogP contribution in [0.3, 0.4) is 0 Å². The number of hydrogen-bond donors (Lipinski definition) is 1. The Hall–Kier alpha value is -1.06. The standard InChI is InChI=1S/C12H15NOS/c1-2-9-5-6-12(14-9)11(13)8-10-4-3-7-15-10/h3-7,11H,2,8,13H2,1H3. The van der Waals surface area contributed by atoms with Gasteiger partial charge >= 0.3 is 0 Å². The van der Waals surface area contributed by atoms with Gasteiger partial charge in [-0.2, -0.15) is 0 Å². The summed E-state index contributed by atoms with van der Waals surface area (Å²) < 4.78 is 5.62. The van der Waals surface area contributed by atoms with Crippen LogP contribution in [0.25, 0.3) is 0 Å². The van der Waals surface area contributed by atoms with E-state index >= 15 is 0 Å². The van der Waals surface area contributed by atoms with Crippen LogP contribution in [0.15, 0.2) is 34.1 Å². The Bertz CT molecular complexity index is 405. The monoisotopic (exact) mass is 221 g/mol. The van der Waals surface area contributed by atoms with Crippen LogP contribution in [0, 0.1) is 0 Å². The first-order valence-electron chi connectivity index (χ1n) is 5.16. The molecule has 0 aliphatic heterocycles. The van der Waals surface area contributed by atoms with Gasteiger partial charge in [0.2, 0.25) is 0 Å². The molecule has 1 atom stereocenters. The van der Waals surface area contributed by atoms with Crippen molar-refractivity contribution in [3.8, 4) is 0 Å². The van der Waals surface area contributed by atoms with Gasteiger partial charge in [0, 0.05) is 17.7 Å². The van der Waals surface area contributed by atoms with Crippen molar-refractivity contribution >= 4 is 11.3 Å². The Kier molecular flexibility index (Phi) is 3.23. The second-order valence-electron chi connectivity index (χ2n) is 3.55. The van der Waals surface area contributed by atoms with E-state index in [0.717, 1.165) is 24.4 Å². The lowest BCUT2D eigenvalue weighted by atomic mass is 10.1. The van der Waals surface area contributed by atoms with Gasteiger partial charge in [0.25, 0.3) is 0 Å². The molecule has 2 nitrogen and oxygen atoms in total. The van der Waals surface area contributed by atoms with Gasteiger partial charge in [-0.15, -0.1) is 11.3 Å². The fraction of sp³-hybridized carbons (Fsp3) is 0.333. The summed E-state index contributed by atoms with van der Waals surface area (Å²) in [6.45, 7) is 2.08. The number of hydrogen-bond acceptors (Lipinski definition) is 3. The molecule has 0 bridgehead atoms. The largest absolute Gasteiger partial charge is 0.464 e. The van der Waals surface area contributed by atoms with Crippen molar-refractivity contribution < 1.29 is 4.42 Å². The highest BCUT2D eigenvalue weighted by Gasteiger charge is 2.11. The van der Waals surface area contributed by atoms with Crippen molar-refractivity contribution in [2.45, 2.75) is 25.8 Å². The molecule has 2 rings (SSSR count). The van der Waals surface area contributed by atoms with Crippen LogP contribution in [0.2, 0.25) is 0 Å². The van der Waals surface area contributed by atoms with Crippen LogP contribution >= 0.6 is 11.3 Å². The first-order valence-corrected chi connectivity index (χ1v) is 6.04. The van der Waals surface area contributed by atoms with Crippen LogP contribution in [0.1, 0.15) is 29.4 Å². The smallest absolute Gasteiger partial charge is 0.121 e. The molecular formula is C12H15NOS. The molecular weight excluding hydrogens is 206 g/mol. The molecule has 0 aromatic carbocycles. The van der Waals surface area contributed by atoms with Gasteiger partial charge in [-0.05, 0) is 23.6 Å². The summed E-state index contributed by atoms with van der Waals surface area (Å²) in [4.78, 5) is 1.30. The summed E-state index contributed by atoms with van der Waals surface area (Å²) in [6.07, 6.45) is 1.78. The van der Waals surface area contributed by atoms with Crippen LogP contribution in [-0.2, 0) is 12.8 Å². The van der Waals surface area contributed by atoms with E-state index < -0.39 is 0 Å². The SMILES string of the molecule is CCc1ccc(C(N)Cc2cccs2)o1. The van der Waals surface area contributed by atoms with E-state index in [2.05, 4.69) is 18.4 Å². The summed E-state index contributed by atoms with van der Waals surface area (Å²) in [5.41, 5.74) is 6.07. The molecule has 2 aromatic heterocycles. The molecule has 15 heavy (non-hydrogen) atoms. The van der Waals surface area contributed by atoms with E-state index in [4.69, 9.17) is 10.2 Å². The molecule has 80 valence electrons. The van der Waals surface area contributed by atoms with E-state index in [1.54, 1.807) is 11.3 Å². The Morgan fingerprint density at radius 3 is 2.87 bits per heavy atom. The maximum atomic E-state index is 6.07. The number of thiophene rings is 1. The molecule has 3 heteroatoms. The average Bonchev–Trinajstić information content (AvgIpc) is 2.86. The fourth-order valence-corrected chi connectivity index (χ4v) is 2.29. The van der Waals surface area contributed by atoms with Gasteiger partial charge in [0.1, 0.15) is 11.5 Å². The molecule has 0 aliphatic rings. The van der Waals surface area contributed by atoms with Crippen LogP contribution < -0.4 is 5.73 Å². The maximum absolute atomic E-state index is 6.07. The minimum absolute atomic E-state index is 0.0241. The van der Waals surface area contributed by atoms with Gasteiger partial charge in [0.05, 0.1) is 6.04 Å². The van der Waals surface area contributed by atoms with Gasteiger partial charge < -0.3 is 10.2 Å². The van der Waals surface area contributed by atoms with E-state index in [1.807, 2.05) is 18.2 Å². The second kappa shape index (κ2) is 4.64. The molecule has 1 unspecified atom stereocenters. The molecule has 0 spiro atoms. The highest BCUT2D eigenvalue weighted by molar-refractivity contribution is 7.09. The topological polar surface area (TPSA) is 39.2 Å². The molecule has 0 saturated carbocycles. The molecule has 0 radical (unpaired) electrons. The summed E-state index contributed by atoms with van der Waals surface area (Å²) in [5, 5.41) is 2.07. The second-order valence-corrected chi connectivity index (χ2v) is 4.58. The highest BCUT2D eigenvalue weighted by atomic mass is 32.1. The van der Waals surface area contributed by atoms with Crippen LogP contribution in [0.5, 0.6) is 0 Å². The number of aryl methyl sites for hydroxylation is 1. The van der Waals surface area contributed by atoms with Crippen LogP contribution in [0.4, 0.5) is 0 Å². The van der Waals surface area contributed by atoms with E-state index in [0.29, 0.717) is 0 Å². The number of nitrogens with two attached hydrogens (primary N) is 1. The maximum Gasteiger partial charge on any atom is 0.121 e. The average molecular weight is 221 g/mol. The lowest BCUT2D eigenvalue weighted by molar-refractivity contribution is 0.435. The minimum atomic E-state index is -0.0241. The fourth-order valence-electron chi connectivity index (χ4n) is 1.53. The van der Waals surface area contributed by atoms with Crippen molar-refractivity contribution in [3.63, 3.8) is 0 Å².